The molecular weight excluding hydrogens is 406 g/mol. The smallest absolute Gasteiger partial charge is 0.408 e. The molecular formula is C22H29NO8. The van der Waals surface area contributed by atoms with Gasteiger partial charge in [0.25, 0.3) is 0 Å². The summed E-state index contributed by atoms with van der Waals surface area (Å²) in [6.45, 7) is 6.48. The Morgan fingerprint density at radius 2 is 1.81 bits per heavy atom. The van der Waals surface area contributed by atoms with Crippen molar-refractivity contribution in [3.05, 3.63) is 47.7 Å². The topological polar surface area (TPSA) is 109 Å². The Bertz CT molecular complexity index is 799. The number of amides is 1. The van der Waals surface area contributed by atoms with Gasteiger partial charge in [0, 0.05) is 6.92 Å². The van der Waals surface area contributed by atoms with Crippen molar-refractivity contribution in [2.24, 2.45) is 0 Å². The fourth-order valence-electron chi connectivity index (χ4n) is 2.89. The van der Waals surface area contributed by atoms with Gasteiger partial charge >= 0.3 is 18.0 Å². The van der Waals surface area contributed by atoms with Gasteiger partial charge in [-0.05, 0) is 26.3 Å². The lowest BCUT2D eigenvalue weighted by atomic mass is 9.95. The minimum absolute atomic E-state index is 0.0468. The van der Waals surface area contributed by atoms with Crippen LogP contribution in [0.25, 0.3) is 0 Å². The number of hydrogen-bond acceptors (Lipinski definition) is 8. The molecule has 1 amide bonds. The maximum atomic E-state index is 12.5. The Hall–Kier alpha value is -3.07. The molecule has 9 nitrogen and oxygen atoms in total. The second-order valence-electron chi connectivity index (χ2n) is 7.93. The van der Waals surface area contributed by atoms with Gasteiger partial charge in [-0.2, -0.15) is 0 Å². The Kier molecular flexibility index (Phi) is 8.44. The van der Waals surface area contributed by atoms with E-state index in [0.717, 1.165) is 5.56 Å². The van der Waals surface area contributed by atoms with Crippen LogP contribution in [0, 0.1) is 0 Å². The first-order valence-corrected chi connectivity index (χ1v) is 9.83. The van der Waals surface area contributed by atoms with E-state index in [1.807, 2.05) is 30.3 Å². The zero-order valence-electron chi connectivity index (χ0n) is 18.4. The molecule has 0 saturated carbocycles. The van der Waals surface area contributed by atoms with Crippen LogP contribution in [-0.4, -0.2) is 55.6 Å². The first-order chi connectivity index (χ1) is 14.6. The van der Waals surface area contributed by atoms with Crippen molar-refractivity contribution >= 4 is 18.0 Å². The highest BCUT2D eigenvalue weighted by Gasteiger charge is 2.43. The number of benzene rings is 1. The molecule has 0 aliphatic carbocycles. The van der Waals surface area contributed by atoms with Crippen LogP contribution in [-0.2, 0) is 39.9 Å². The minimum Gasteiger partial charge on any atom is -0.491 e. The molecule has 1 N–H and O–H groups in total. The van der Waals surface area contributed by atoms with E-state index in [2.05, 4.69) is 5.32 Å². The van der Waals surface area contributed by atoms with Crippen LogP contribution >= 0.6 is 0 Å². The number of rotatable bonds is 7. The number of carbonyl (C=O) groups is 3. The third kappa shape index (κ3) is 7.60. The molecule has 9 heteroatoms. The fraction of sp³-hybridized carbons (Fsp3) is 0.500. The number of ether oxygens (including phenoxy) is 5. The van der Waals surface area contributed by atoms with Crippen molar-refractivity contribution in [3.8, 4) is 0 Å². The van der Waals surface area contributed by atoms with E-state index in [9.17, 15) is 14.4 Å². The van der Waals surface area contributed by atoms with E-state index in [0.29, 0.717) is 0 Å². The molecule has 0 bridgehead atoms. The molecule has 0 fully saturated rings. The second kappa shape index (κ2) is 10.8. The van der Waals surface area contributed by atoms with Gasteiger partial charge in [-0.15, -0.1) is 0 Å². The van der Waals surface area contributed by atoms with E-state index >= 15 is 0 Å². The largest absolute Gasteiger partial charge is 0.491 e. The van der Waals surface area contributed by atoms with Crippen LogP contribution in [0.5, 0.6) is 0 Å². The summed E-state index contributed by atoms with van der Waals surface area (Å²) in [6, 6.07) is 8.39. The number of nitrogens with one attached hydrogen (secondary N) is 1. The normalized spacial score (nSPS) is 20.7. The third-order valence-electron chi connectivity index (χ3n) is 4.23. The molecule has 0 radical (unpaired) electrons. The monoisotopic (exact) mass is 435 g/mol. The number of esters is 2. The highest BCUT2D eigenvalue weighted by atomic mass is 16.6. The van der Waals surface area contributed by atoms with E-state index in [-0.39, 0.29) is 18.8 Å². The Labute approximate surface area is 181 Å². The zero-order valence-corrected chi connectivity index (χ0v) is 18.4. The summed E-state index contributed by atoms with van der Waals surface area (Å²) in [6.07, 6.45) is -1.20. The SMILES string of the molecule is COC(=O)C1=CO[C@H](COC(C)=O)[C@H](OCc2ccccc2)[C@H]1NC(=O)OC(C)(C)C. The average Bonchev–Trinajstić information content (AvgIpc) is 2.70. The average molecular weight is 435 g/mol. The molecule has 1 aromatic carbocycles. The van der Waals surface area contributed by atoms with Gasteiger partial charge in [-0.1, -0.05) is 30.3 Å². The molecule has 0 unspecified atom stereocenters. The summed E-state index contributed by atoms with van der Waals surface area (Å²) in [4.78, 5) is 36.1. The lowest BCUT2D eigenvalue weighted by Crippen LogP contribution is -2.56. The lowest BCUT2D eigenvalue weighted by molar-refractivity contribution is -0.153. The summed E-state index contributed by atoms with van der Waals surface area (Å²) in [5.41, 5.74) is 0.173. The molecule has 1 heterocycles. The predicted molar refractivity (Wildman–Crippen MR) is 110 cm³/mol. The van der Waals surface area contributed by atoms with Gasteiger partial charge in [-0.3, -0.25) is 4.79 Å². The molecule has 0 spiro atoms. The number of alkyl carbamates (subject to hydrolysis) is 1. The lowest BCUT2D eigenvalue weighted by Gasteiger charge is -2.37. The quantitative estimate of drug-likeness (QED) is 0.514. The predicted octanol–water partition coefficient (Wildman–Crippen LogP) is 2.48. The summed E-state index contributed by atoms with van der Waals surface area (Å²) in [7, 11) is 1.22. The van der Waals surface area contributed by atoms with Crippen LogP contribution < -0.4 is 5.32 Å². The number of methoxy groups -OCH3 is 1. The van der Waals surface area contributed by atoms with Gasteiger partial charge in [0.15, 0.2) is 6.10 Å². The van der Waals surface area contributed by atoms with Crippen molar-refractivity contribution in [1.82, 2.24) is 5.32 Å². The van der Waals surface area contributed by atoms with Gasteiger partial charge in [-0.25, -0.2) is 9.59 Å². The first kappa shape index (κ1) is 24.2. The maximum Gasteiger partial charge on any atom is 0.408 e. The molecule has 0 saturated heterocycles. The van der Waals surface area contributed by atoms with Crippen LogP contribution in [0.1, 0.15) is 33.3 Å². The maximum absolute atomic E-state index is 12.5. The number of hydrogen-bond donors (Lipinski definition) is 1. The highest BCUT2D eigenvalue weighted by Crippen LogP contribution is 2.25. The molecule has 1 aromatic rings. The van der Waals surface area contributed by atoms with Gasteiger partial charge in [0.1, 0.15) is 18.3 Å². The summed E-state index contributed by atoms with van der Waals surface area (Å²) in [5, 5.41) is 2.67. The Balaban J connectivity index is 2.31. The fourth-order valence-corrected chi connectivity index (χ4v) is 2.89. The molecule has 1 aliphatic rings. The molecule has 31 heavy (non-hydrogen) atoms. The standard InChI is InChI=1S/C22H29NO8/c1-14(24)28-13-17-19(30-11-15-9-7-6-8-10-15)18(16(12-29-17)20(25)27-5)23-21(26)31-22(2,3)4/h6-10,12,17-19H,11,13H2,1-5H3,(H,23,26)/t17-,18+,19+/m1/s1. The van der Waals surface area contributed by atoms with E-state index < -0.39 is 41.9 Å². The second-order valence-corrected chi connectivity index (χ2v) is 7.93. The van der Waals surface area contributed by atoms with Crippen LogP contribution in [0.4, 0.5) is 4.79 Å². The number of carbonyl (C=O) groups excluding carboxylic acids is 3. The van der Waals surface area contributed by atoms with E-state index in [1.165, 1.54) is 20.3 Å². The van der Waals surface area contributed by atoms with Crippen molar-refractivity contribution in [1.29, 1.82) is 0 Å². The molecule has 3 atom stereocenters. The summed E-state index contributed by atoms with van der Waals surface area (Å²) in [5.74, 6) is -1.19. The molecule has 170 valence electrons. The van der Waals surface area contributed by atoms with Gasteiger partial charge < -0.3 is 29.0 Å². The zero-order chi connectivity index (χ0) is 23.0. The molecule has 1 aliphatic heterocycles. The molecule has 2 rings (SSSR count). The van der Waals surface area contributed by atoms with Crippen molar-refractivity contribution in [2.45, 2.75) is 58.2 Å². The third-order valence-corrected chi connectivity index (χ3v) is 4.23. The summed E-state index contributed by atoms with van der Waals surface area (Å²) < 4.78 is 26.9. The van der Waals surface area contributed by atoms with Crippen molar-refractivity contribution in [3.63, 3.8) is 0 Å². The Morgan fingerprint density at radius 1 is 1.13 bits per heavy atom. The molecule has 0 aromatic heterocycles. The van der Waals surface area contributed by atoms with Crippen molar-refractivity contribution in [2.75, 3.05) is 13.7 Å². The van der Waals surface area contributed by atoms with Crippen LogP contribution in [0.3, 0.4) is 0 Å². The van der Waals surface area contributed by atoms with E-state index in [4.69, 9.17) is 23.7 Å². The van der Waals surface area contributed by atoms with Gasteiger partial charge in [0.05, 0.1) is 31.6 Å². The van der Waals surface area contributed by atoms with E-state index in [1.54, 1.807) is 20.8 Å². The minimum atomic E-state index is -0.958. The highest BCUT2D eigenvalue weighted by molar-refractivity contribution is 5.90. The summed E-state index contributed by atoms with van der Waals surface area (Å²) >= 11 is 0. The van der Waals surface area contributed by atoms with Crippen LogP contribution in [0.2, 0.25) is 0 Å². The first-order valence-electron chi connectivity index (χ1n) is 9.83. The van der Waals surface area contributed by atoms with Crippen LogP contribution in [0.15, 0.2) is 42.2 Å². The van der Waals surface area contributed by atoms with Crippen molar-refractivity contribution < 1.29 is 38.1 Å². The Morgan fingerprint density at radius 3 is 2.39 bits per heavy atom. The van der Waals surface area contributed by atoms with Gasteiger partial charge in [0.2, 0.25) is 0 Å².